The number of benzene rings is 3. The van der Waals surface area contributed by atoms with Gasteiger partial charge in [0.1, 0.15) is 34.7 Å². The number of hydrogen-bond donors (Lipinski definition) is 0. The molecule has 1 fully saturated rings. The summed E-state index contributed by atoms with van der Waals surface area (Å²) >= 11 is 0. The van der Waals surface area contributed by atoms with E-state index in [0.29, 0.717) is 38.5 Å². The number of hydrogen-bond acceptors (Lipinski definition) is 8. The summed E-state index contributed by atoms with van der Waals surface area (Å²) in [5.41, 5.74) is 8.51. The van der Waals surface area contributed by atoms with E-state index in [9.17, 15) is 28.8 Å². The highest BCUT2D eigenvalue weighted by atomic mass is 16.5. The third-order valence-corrected chi connectivity index (χ3v) is 19.7. The van der Waals surface area contributed by atoms with Crippen LogP contribution in [-0.4, -0.2) is 61.1 Å². The molecule has 0 radical (unpaired) electrons. The van der Waals surface area contributed by atoms with Crippen LogP contribution < -0.4 is 10.4 Å². The van der Waals surface area contributed by atoms with Crippen molar-refractivity contribution in [1.82, 2.24) is 0 Å². The Kier molecular flexibility index (Phi) is 33.1. The maximum atomic E-state index is 14.3. The summed E-state index contributed by atoms with van der Waals surface area (Å²) in [5, 5.41) is 1.77. The quantitative estimate of drug-likeness (QED) is 0.0606. The maximum Gasteiger partial charge on any atom is 0.139 e. The van der Waals surface area contributed by atoms with Crippen molar-refractivity contribution in [3.05, 3.63) is 104 Å². The molecule has 1 saturated carbocycles. The average molecular weight is 1160 g/mol. The predicted octanol–water partition coefficient (Wildman–Crippen LogP) is 16.3. The smallest absolute Gasteiger partial charge is 0.139 e. The van der Waals surface area contributed by atoms with Crippen LogP contribution in [0.5, 0.6) is 0 Å². The first-order valence-corrected chi connectivity index (χ1v) is 33.0. The van der Waals surface area contributed by atoms with Crippen LogP contribution in [0.2, 0.25) is 0 Å². The van der Waals surface area contributed by atoms with E-state index in [2.05, 4.69) is 92.8 Å². The molecule has 3 aromatic rings. The second-order valence-corrected chi connectivity index (χ2v) is 26.4. The molecule has 0 aliphatic heterocycles. The highest BCUT2D eigenvalue weighted by Crippen LogP contribution is 2.42. The second-order valence-electron chi connectivity index (χ2n) is 26.4. The van der Waals surface area contributed by atoms with Crippen molar-refractivity contribution in [2.45, 2.75) is 243 Å². The van der Waals surface area contributed by atoms with E-state index < -0.39 is 6.10 Å². The third kappa shape index (κ3) is 22.6. The van der Waals surface area contributed by atoms with Crippen LogP contribution in [0.25, 0.3) is 13.2 Å². The highest BCUT2D eigenvalue weighted by molar-refractivity contribution is 5.91. The molecule has 12 atom stereocenters. The van der Waals surface area contributed by atoms with E-state index >= 15 is 0 Å². The molecule has 0 aromatic heterocycles. The first-order chi connectivity index (χ1) is 39.9. The molecule has 5 rings (SSSR count). The van der Waals surface area contributed by atoms with Crippen molar-refractivity contribution in [3.63, 3.8) is 0 Å². The molecule has 3 aromatic carbocycles. The van der Waals surface area contributed by atoms with Gasteiger partial charge in [0.25, 0.3) is 0 Å². The number of rotatable bonds is 32. The van der Waals surface area contributed by atoms with Crippen LogP contribution in [0, 0.1) is 78.9 Å². The van der Waals surface area contributed by atoms with Crippen molar-refractivity contribution in [1.29, 1.82) is 0 Å². The van der Waals surface area contributed by atoms with Crippen molar-refractivity contribution in [2.75, 3.05) is 14.2 Å². The molecule has 468 valence electrons. The van der Waals surface area contributed by atoms with Crippen molar-refractivity contribution >= 4 is 47.9 Å². The first-order valence-electron chi connectivity index (χ1n) is 33.0. The average Bonchev–Trinajstić information content (AvgIpc) is 4.10. The zero-order valence-electron chi connectivity index (χ0n) is 55.7. The Balaban J connectivity index is 0.000000448. The van der Waals surface area contributed by atoms with Crippen LogP contribution in [0.1, 0.15) is 232 Å². The standard InChI is InChI=1S/C45H74O6.C17H22O2.C14H20/c1-14-29(7)43(33(11)44(49)38(28(5)6)25-40(47)35(15-2)27(3)4)42(50-12)26-41(48)36-22-19-23-37(36)45(51-13)32(10)39(46)24-30(8)31(9)34-20-17-16-18-21-34;1-4-6-16(18)7-5-8-17(19)12-15-11-13(2)9-10-14(15)3;1-11-9-10-12(2)14-8-6-4-3-5-7-13(11)14/h16-18,20-21,27-33,35-38,42-43,45H,14-15,19,22-26H2,1-13H3;9-11H,2-8,12H2,1H3;9-10H,3-8H2,1-2H3/t29-,30-,31+,32?,33?,35?,36?,37?,38?,42?,43+,45?;;/m0../s1. The molecule has 0 amide bonds. The minimum absolute atomic E-state index is 0.0354. The number of Topliss-reactive ketones (excluding diaryl/α,β-unsaturated/α-hetero) is 6. The number of aryl methyl sites for hydroxylation is 2. The molecule has 0 heterocycles. The topological polar surface area (TPSA) is 121 Å². The SMILES string of the molecule is C=c1ccc(=C)c(CC(=O)CCCC(=O)CCC)c1.CCC(C(=O)CC(C(=O)C(C)[C@H](C(CC(=O)C1CCCC1C(OC)C(C)C(=O)C[C@H](C)[C@@H](C)c1ccccc1)OC)[C@@H](C)CC)C(C)C)C(C)C.Cc1ccc(C)c2c1CCCCCC2. The summed E-state index contributed by atoms with van der Waals surface area (Å²) in [7, 11) is 3.33. The molecular weight excluding hydrogens is 1040 g/mol. The number of ketones is 6. The zero-order valence-corrected chi connectivity index (χ0v) is 55.7. The van der Waals surface area contributed by atoms with E-state index in [-0.39, 0.29) is 125 Å². The Morgan fingerprint density at radius 2 is 1.19 bits per heavy atom. The summed E-state index contributed by atoms with van der Waals surface area (Å²) in [5.74, 6) is 0.409. The molecule has 84 heavy (non-hydrogen) atoms. The molecule has 2 aliphatic carbocycles. The number of methoxy groups -OCH3 is 2. The van der Waals surface area contributed by atoms with Crippen LogP contribution in [0.3, 0.4) is 0 Å². The normalized spacial score (nSPS) is 18.8. The lowest BCUT2D eigenvalue weighted by molar-refractivity contribution is -0.140. The molecule has 8 unspecified atom stereocenters. The van der Waals surface area contributed by atoms with Gasteiger partial charge in [-0.2, -0.15) is 0 Å². The number of carbonyl (C=O) groups is 6. The Morgan fingerprint density at radius 3 is 1.73 bits per heavy atom. The van der Waals surface area contributed by atoms with Crippen molar-refractivity contribution in [2.24, 2.45) is 65.1 Å². The summed E-state index contributed by atoms with van der Waals surface area (Å²) in [4.78, 5) is 78.9. The van der Waals surface area contributed by atoms with Crippen molar-refractivity contribution in [3.8, 4) is 0 Å². The van der Waals surface area contributed by atoms with Gasteiger partial charge in [-0.05, 0) is 157 Å². The molecular formula is C76H116O8. The Labute approximate surface area is 511 Å². The lowest BCUT2D eigenvalue weighted by Crippen LogP contribution is -2.43. The van der Waals surface area contributed by atoms with Gasteiger partial charge in [-0.25, -0.2) is 0 Å². The van der Waals surface area contributed by atoms with Gasteiger partial charge < -0.3 is 9.47 Å². The molecule has 8 heteroatoms. The highest BCUT2D eigenvalue weighted by Gasteiger charge is 2.45. The fourth-order valence-electron chi connectivity index (χ4n) is 13.9. The van der Waals surface area contributed by atoms with Crippen LogP contribution in [0.15, 0.2) is 60.7 Å². The lowest BCUT2D eigenvalue weighted by Gasteiger charge is -2.37. The monoisotopic (exact) mass is 1160 g/mol. The predicted molar refractivity (Wildman–Crippen MR) is 350 cm³/mol. The van der Waals surface area contributed by atoms with Gasteiger partial charge in [-0.3, -0.25) is 28.8 Å². The van der Waals surface area contributed by atoms with Crippen LogP contribution in [-0.2, 0) is 57.5 Å². The van der Waals surface area contributed by atoms with E-state index in [1.54, 1.807) is 25.3 Å². The van der Waals surface area contributed by atoms with E-state index in [4.69, 9.17) is 9.47 Å². The van der Waals surface area contributed by atoms with Gasteiger partial charge in [-0.15, -0.1) is 0 Å². The maximum absolute atomic E-state index is 14.3. The first kappa shape index (κ1) is 73.6. The Hall–Kier alpha value is -4.66. The van der Waals surface area contributed by atoms with E-state index in [0.717, 1.165) is 54.5 Å². The number of fused-ring (bicyclic) bond motifs is 1. The largest absolute Gasteiger partial charge is 0.381 e. The van der Waals surface area contributed by atoms with Gasteiger partial charge >= 0.3 is 0 Å². The minimum atomic E-state index is -0.421. The van der Waals surface area contributed by atoms with E-state index in [1.165, 1.54) is 55.2 Å². The number of carbonyl (C=O) groups excluding carboxylic acids is 6. The van der Waals surface area contributed by atoms with Gasteiger partial charge in [-0.1, -0.05) is 183 Å². The third-order valence-electron chi connectivity index (χ3n) is 19.7. The molecule has 0 bridgehead atoms. The van der Waals surface area contributed by atoms with Gasteiger partial charge in [0.15, 0.2) is 0 Å². The zero-order chi connectivity index (χ0) is 62.8. The fraction of sp³-hybridized carbons (Fsp3) is 0.658. The minimum Gasteiger partial charge on any atom is -0.381 e. The summed E-state index contributed by atoms with van der Waals surface area (Å²) < 4.78 is 12.2. The van der Waals surface area contributed by atoms with Gasteiger partial charge in [0, 0.05) is 88.8 Å². The second kappa shape index (κ2) is 37.8. The molecule has 2 aliphatic rings. The summed E-state index contributed by atoms with van der Waals surface area (Å²) in [6, 6.07) is 20.6. The van der Waals surface area contributed by atoms with Crippen molar-refractivity contribution < 1.29 is 38.2 Å². The summed E-state index contributed by atoms with van der Waals surface area (Å²) in [6.07, 6.45) is 16.2. The van der Waals surface area contributed by atoms with E-state index in [1.807, 2.05) is 77.9 Å². The fourth-order valence-corrected chi connectivity index (χ4v) is 13.9. The van der Waals surface area contributed by atoms with Crippen LogP contribution in [0.4, 0.5) is 0 Å². The molecule has 8 nitrogen and oxygen atoms in total. The number of ether oxygens (including phenoxy) is 2. The van der Waals surface area contributed by atoms with Gasteiger partial charge in [0.2, 0.25) is 0 Å². The van der Waals surface area contributed by atoms with Crippen LogP contribution >= 0.6 is 0 Å². The van der Waals surface area contributed by atoms with Gasteiger partial charge in [0.05, 0.1) is 12.2 Å². The Morgan fingerprint density at radius 1 is 0.595 bits per heavy atom. The molecule has 0 N–H and O–H groups in total. The molecule has 0 spiro atoms. The Bertz CT molecular complexity index is 2580. The lowest BCUT2D eigenvalue weighted by atomic mass is 9.69. The molecule has 0 saturated heterocycles. The summed E-state index contributed by atoms with van der Waals surface area (Å²) in [6.45, 7) is 37.1.